The van der Waals surface area contributed by atoms with Gasteiger partial charge in [-0.3, -0.25) is 0 Å². The molecule has 0 bridgehead atoms. The van der Waals surface area contributed by atoms with Gasteiger partial charge in [0.1, 0.15) is 23.0 Å². The van der Waals surface area contributed by atoms with Crippen LogP contribution < -0.4 is 4.57 Å². The lowest BCUT2D eigenvalue weighted by Gasteiger charge is -2.08. The molecule has 1 heterocycles. The van der Waals surface area contributed by atoms with E-state index in [1.54, 1.807) is 0 Å². The molecular formula is C20H30NS2+3. The SMILES string of the molecule is CC[S+](C)Cc1cc(C[n+]2ccccc2)cc(C[S+](C)CC)c1. The monoisotopic (exact) mass is 348 g/mol. The first-order valence-corrected chi connectivity index (χ1v) is 12.3. The first-order valence-electron chi connectivity index (χ1n) is 8.34. The average Bonchev–Trinajstić information content (AvgIpc) is 2.55. The normalized spacial score (nSPS) is 13.7. The molecule has 2 aromatic rings. The fourth-order valence-corrected chi connectivity index (χ4v) is 4.50. The summed E-state index contributed by atoms with van der Waals surface area (Å²) in [6.45, 7) is 5.57. The van der Waals surface area contributed by atoms with Gasteiger partial charge in [-0.1, -0.05) is 6.07 Å². The van der Waals surface area contributed by atoms with Crippen LogP contribution in [0.2, 0.25) is 0 Å². The van der Waals surface area contributed by atoms with Gasteiger partial charge in [0.15, 0.2) is 18.9 Å². The molecule has 1 aromatic carbocycles. The highest BCUT2D eigenvalue weighted by Crippen LogP contribution is 2.17. The van der Waals surface area contributed by atoms with E-state index in [9.17, 15) is 0 Å². The molecule has 0 fully saturated rings. The zero-order chi connectivity index (χ0) is 16.7. The van der Waals surface area contributed by atoms with Gasteiger partial charge >= 0.3 is 0 Å². The second kappa shape index (κ2) is 9.39. The molecule has 0 saturated heterocycles. The molecule has 0 aliphatic heterocycles. The van der Waals surface area contributed by atoms with E-state index >= 15 is 0 Å². The number of hydrogen-bond acceptors (Lipinski definition) is 0. The van der Waals surface area contributed by atoms with E-state index in [-0.39, 0.29) is 0 Å². The molecule has 2 atom stereocenters. The summed E-state index contributed by atoms with van der Waals surface area (Å²) in [6.07, 6.45) is 9.07. The molecule has 23 heavy (non-hydrogen) atoms. The Hall–Kier alpha value is -0.930. The van der Waals surface area contributed by atoms with E-state index in [0.717, 1.165) is 6.54 Å². The van der Waals surface area contributed by atoms with Crippen LogP contribution in [0.15, 0.2) is 48.8 Å². The third-order valence-electron chi connectivity index (χ3n) is 4.07. The molecule has 0 aliphatic rings. The molecule has 124 valence electrons. The Labute approximate surface area is 147 Å². The summed E-state index contributed by atoms with van der Waals surface area (Å²) in [4.78, 5) is 0. The second-order valence-electron chi connectivity index (χ2n) is 6.13. The minimum Gasteiger partial charge on any atom is -0.201 e. The van der Waals surface area contributed by atoms with E-state index in [2.05, 4.69) is 79.7 Å². The molecule has 0 spiro atoms. The van der Waals surface area contributed by atoms with Gasteiger partial charge in [0, 0.05) is 28.8 Å². The van der Waals surface area contributed by atoms with Gasteiger partial charge in [-0.25, -0.2) is 4.57 Å². The van der Waals surface area contributed by atoms with Crippen LogP contribution in [0.3, 0.4) is 0 Å². The van der Waals surface area contributed by atoms with Crippen molar-refractivity contribution in [1.29, 1.82) is 0 Å². The second-order valence-corrected chi connectivity index (χ2v) is 11.0. The van der Waals surface area contributed by atoms with Gasteiger partial charge in [-0.15, -0.1) is 0 Å². The summed E-state index contributed by atoms with van der Waals surface area (Å²) in [6, 6.07) is 13.6. The number of rotatable bonds is 8. The Kier molecular flexibility index (Phi) is 7.51. The van der Waals surface area contributed by atoms with Crippen LogP contribution in [-0.4, -0.2) is 24.0 Å². The highest BCUT2D eigenvalue weighted by atomic mass is 32.2. The number of hydrogen-bond donors (Lipinski definition) is 0. The third-order valence-corrected chi connectivity index (χ3v) is 7.69. The Morgan fingerprint density at radius 1 is 0.739 bits per heavy atom. The molecular weight excluding hydrogens is 318 g/mol. The van der Waals surface area contributed by atoms with Crippen LogP contribution in [0, 0.1) is 0 Å². The average molecular weight is 349 g/mol. The zero-order valence-corrected chi connectivity index (χ0v) is 16.6. The lowest BCUT2D eigenvalue weighted by atomic mass is 10.1. The number of pyridine rings is 1. The van der Waals surface area contributed by atoms with E-state index in [4.69, 9.17) is 0 Å². The first kappa shape index (κ1) is 18.4. The van der Waals surface area contributed by atoms with Crippen molar-refractivity contribution in [2.75, 3.05) is 24.0 Å². The van der Waals surface area contributed by atoms with Gasteiger partial charge in [-0.2, -0.15) is 0 Å². The Balaban J connectivity index is 2.24. The summed E-state index contributed by atoms with van der Waals surface area (Å²) >= 11 is 0. The van der Waals surface area contributed by atoms with Crippen molar-refractivity contribution in [3.05, 3.63) is 65.5 Å². The predicted octanol–water partition coefficient (Wildman–Crippen LogP) is 3.56. The fourth-order valence-electron chi connectivity index (χ4n) is 2.62. The molecule has 2 rings (SSSR count). The number of benzene rings is 1. The lowest BCUT2D eigenvalue weighted by molar-refractivity contribution is -0.688. The fraction of sp³-hybridized carbons (Fsp3) is 0.450. The van der Waals surface area contributed by atoms with Crippen LogP contribution in [-0.2, 0) is 39.8 Å². The smallest absolute Gasteiger partial charge is 0.173 e. The topological polar surface area (TPSA) is 3.88 Å². The molecule has 0 aliphatic carbocycles. The van der Waals surface area contributed by atoms with Gasteiger partial charge in [0.25, 0.3) is 0 Å². The largest absolute Gasteiger partial charge is 0.201 e. The minimum absolute atomic E-state index is 0.490. The Morgan fingerprint density at radius 2 is 1.22 bits per heavy atom. The zero-order valence-electron chi connectivity index (χ0n) is 14.9. The van der Waals surface area contributed by atoms with Crippen LogP contribution in [0.25, 0.3) is 0 Å². The summed E-state index contributed by atoms with van der Waals surface area (Å²) in [7, 11) is 0.980. The van der Waals surface area contributed by atoms with E-state index < -0.39 is 0 Å². The van der Waals surface area contributed by atoms with Gasteiger partial charge in [-0.05, 0) is 53.8 Å². The van der Waals surface area contributed by atoms with Crippen molar-refractivity contribution in [2.24, 2.45) is 0 Å². The van der Waals surface area contributed by atoms with Crippen molar-refractivity contribution in [1.82, 2.24) is 0 Å². The number of aromatic nitrogens is 1. The molecule has 2 unspecified atom stereocenters. The van der Waals surface area contributed by atoms with Gasteiger partial charge < -0.3 is 0 Å². The van der Waals surface area contributed by atoms with Crippen molar-refractivity contribution >= 4 is 21.8 Å². The Morgan fingerprint density at radius 3 is 1.70 bits per heavy atom. The maximum Gasteiger partial charge on any atom is 0.173 e. The number of nitrogens with zero attached hydrogens (tertiary/aromatic N) is 1. The highest BCUT2D eigenvalue weighted by Gasteiger charge is 2.15. The molecule has 1 nitrogen and oxygen atoms in total. The maximum absolute atomic E-state index is 2.46. The van der Waals surface area contributed by atoms with E-state index in [1.807, 2.05) is 0 Å². The van der Waals surface area contributed by atoms with Crippen molar-refractivity contribution in [3.63, 3.8) is 0 Å². The van der Waals surface area contributed by atoms with Crippen LogP contribution in [0.4, 0.5) is 0 Å². The van der Waals surface area contributed by atoms with E-state index in [1.165, 1.54) is 39.7 Å². The standard InChI is InChI=1S/C20H30NS2/c1-5-22(3)16-19-12-18(15-21-10-8-7-9-11-21)13-20(14-19)17-23(4)6-2/h7-14H,5-6,15-17H2,1-4H3/q+3. The minimum atomic E-state index is 0.490. The molecule has 0 radical (unpaired) electrons. The van der Waals surface area contributed by atoms with Crippen LogP contribution in [0.5, 0.6) is 0 Å². The molecule has 0 saturated carbocycles. The van der Waals surface area contributed by atoms with E-state index in [0.29, 0.717) is 21.8 Å². The van der Waals surface area contributed by atoms with Crippen molar-refractivity contribution in [3.8, 4) is 0 Å². The van der Waals surface area contributed by atoms with Crippen LogP contribution in [0.1, 0.15) is 30.5 Å². The van der Waals surface area contributed by atoms with Crippen LogP contribution >= 0.6 is 0 Å². The first-order chi connectivity index (χ1) is 11.1. The summed E-state index contributed by atoms with van der Waals surface area (Å²) in [5.41, 5.74) is 4.49. The maximum atomic E-state index is 2.46. The quantitative estimate of drug-likeness (QED) is 0.507. The summed E-state index contributed by atoms with van der Waals surface area (Å²) < 4.78 is 2.26. The molecule has 0 amide bonds. The third kappa shape index (κ3) is 6.23. The van der Waals surface area contributed by atoms with Gasteiger partial charge in [0.2, 0.25) is 0 Å². The lowest BCUT2D eigenvalue weighted by Crippen LogP contribution is -2.32. The Bertz CT molecular complexity index is 568. The highest BCUT2D eigenvalue weighted by molar-refractivity contribution is 7.95. The summed E-state index contributed by atoms with van der Waals surface area (Å²) in [5.74, 6) is 5.00. The molecule has 3 heteroatoms. The van der Waals surface area contributed by atoms with Crippen molar-refractivity contribution in [2.45, 2.75) is 31.9 Å². The molecule has 0 N–H and O–H groups in total. The van der Waals surface area contributed by atoms with Gasteiger partial charge in [0.05, 0.1) is 12.5 Å². The van der Waals surface area contributed by atoms with Crippen molar-refractivity contribution < 1.29 is 4.57 Å². The summed E-state index contributed by atoms with van der Waals surface area (Å²) in [5, 5.41) is 0. The molecule has 1 aromatic heterocycles. The predicted molar refractivity (Wildman–Crippen MR) is 107 cm³/mol.